The largest absolute Gasteiger partial charge is 0.503 e. The Labute approximate surface area is 229 Å². The van der Waals surface area contributed by atoms with E-state index < -0.39 is 11.9 Å². The number of allylic oxidation sites excluding steroid dienone is 3. The Balaban J connectivity index is 1.81. The van der Waals surface area contributed by atoms with Crippen LogP contribution in [0.5, 0.6) is 11.5 Å². The number of hydrogen-bond acceptors (Lipinski definition) is 7. The monoisotopic (exact) mass is 589 g/mol. The smallest absolute Gasteiger partial charge is 0.336 e. The fourth-order valence-electron chi connectivity index (χ4n) is 4.94. The summed E-state index contributed by atoms with van der Waals surface area (Å²) in [6, 6.07) is 10.9. The lowest BCUT2D eigenvalue weighted by atomic mass is 9.71. The van der Waals surface area contributed by atoms with Crippen molar-refractivity contribution in [3.8, 4) is 11.5 Å². The molecule has 1 aliphatic heterocycles. The van der Waals surface area contributed by atoms with E-state index in [1.807, 2.05) is 31.2 Å². The Kier molecular flexibility index (Phi) is 8.62. The quantitative estimate of drug-likeness (QED) is 0.298. The number of Topliss-reactive ketones (excluding diaryl/α,β-unsaturated/α-hetero) is 1. The normalized spacial score (nSPS) is 19.4. The van der Waals surface area contributed by atoms with Gasteiger partial charge in [0, 0.05) is 41.4 Å². The van der Waals surface area contributed by atoms with Gasteiger partial charge in [-0.2, -0.15) is 0 Å². The second-order valence-corrected chi connectivity index (χ2v) is 10.3. The number of esters is 1. The average Bonchev–Trinajstić information content (AvgIpc) is 2.86. The van der Waals surface area contributed by atoms with Crippen molar-refractivity contribution in [1.29, 1.82) is 0 Å². The maximum atomic E-state index is 13.7. The van der Waals surface area contributed by atoms with Gasteiger partial charge in [-0.25, -0.2) is 4.79 Å². The lowest BCUT2D eigenvalue weighted by Gasteiger charge is -2.37. The molecule has 0 aromatic heterocycles. The van der Waals surface area contributed by atoms with Gasteiger partial charge in [-0.1, -0.05) is 23.7 Å². The van der Waals surface area contributed by atoms with E-state index in [9.17, 15) is 14.7 Å². The summed E-state index contributed by atoms with van der Waals surface area (Å²) in [7, 11) is 1.53. The third-order valence-electron chi connectivity index (χ3n) is 6.59. The number of rotatable bonds is 8. The molecule has 0 fully saturated rings. The van der Waals surface area contributed by atoms with E-state index in [4.69, 9.17) is 25.8 Å². The number of nitrogens with one attached hydrogen (secondary N) is 1. The number of aromatic hydroxyl groups is 1. The predicted octanol–water partition coefficient (Wildman–Crippen LogP) is 5.76. The molecule has 4 rings (SSSR count). The molecule has 2 aromatic carbocycles. The van der Waals surface area contributed by atoms with Crippen molar-refractivity contribution in [2.75, 3.05) is 26.9 Å². The molecular formula is C28H29BrClNO6. The second kappa shape index (κ2) is 11.7. The highest BCUT2D eigenvalue weighted by atomic mass is 79.9. The molecular weight excluding hydrogens is 562 g/mol. The van der Waals surface area contributed by atoms with E-state index in [2.05, 4.69) is 21.2 Å². The SMILES string of the molecule is CCOc1cc([C@@H]2C(C(=O)OCCOC)=C(C)NC3=C2C(=O)C[C@H](c2ccc(Cl)cc2)C3)cc(Br)c1O. The van der Waals surface area contributed by atoms with Gasteiger partial charge < -0.3 is 24.6 Å². The van der Waals surface area contributed by atoms with Crippen LogP contribution in [0.15, 0.2) is 63.4 Å². The summed E-state index contributed by atoms with van der Waals surface area (Å²) in [5.41, 5.74) is 3.91. The summed E-state index contributed by atoms with van der Waals surface area (Å²) >= 11 is 9.47. The van der Waals surface area contributed by atoms with Gasteiger partial charge in [-0.05, 0) is 77.5 Å². The van der Waals surface area contributed by atoms with E-state index in [0.29, 0.717) is 51.4 Å². The van der Waals surface area contributed by atoms with Crippen molar-refractivity contribution < 1.29 is 28.9 Å². The molecule has 2 aliphatic rings. The van der Waals surface area contributed by atoms with Crippen molar-refractivity contribution in [3.63, 3.8) is 0 Å². The molecule has 0 amide bonds. The zero-order chi connectivity index (χ0) is 26.7. The third kappa shape index (κ3) is 5.71. The number of ketones is 1. The molecule has 0 saturated heterocycles. The van der Waals surface area contributed by atoms with Gasteiger partial charge in [0.1, 0.15) is 6.61 Å². The summed E-state index contributed by atoms with van der Waals surface area (Å²) in [4.78, 5) is 27.1. The van der Waals surface area contributed by atoms with Crippen LogP contribution in [-0.4, -0.2) is 43.8 Å². The lowest BCUT2D eigenvalue weighted by Crippen LogP contribution is -2.36. The second-order valence-electron chi connectivity index (χ2n) is 8.98. The average molecular weight is 591 g/mol. The van der Waals surface area contributed by atoms with Crippen LogP contribution in [0, 0.1) is 0 Å². The van der Waals surface area contributed by atoms with Crippen molar-refractivity contribution in [1.82, 2.24) is 5.32 Å². The maximum Gasteiger partial charge on any atom is 0.336 e. The zero-order valence-corrected chi connectivity index (χ0v) is 23.2. The van der Waals surface area contributed by atoms with E-state index in [1.54, 1.807) is 19.1 Å². The van der Waals surface area contributed by atoms with Crippen LogP contribution in [0.3, 0.4) is 0 Å². The first kappa shape index (κ1) is 27.2. The molecule has 2 atom stereocenters. The predicted molar refractivity (Wildman–Crippen MR) is 144 cm³/mol. The molecule has 7 nitrogen and oxygen atoms in total. The van der Waals surface area contributed by atoms with Crippen molar-refractivity contribution in [2.45, 2.75) is 38.5 Å². The molecule has 2 aromatic rings. The minimum absolute atomic E-state index is 0.0230. The first-order valence-electron chi connectivity index (χ1n) is 12.1. The molecule has 1 heterocycles. The Morgan fingerprint density at radius 2 is 1.89 bits per heavy atom. The van der Waals surface area contributed by atoms with Crippen LogP contribution in [0.25, 0.3) is 0 Å². The van der Waals surface area contributed by atoms with Crippen LogP contribution in [-0.2, 0) is 19.1 Å². The van der Waals surface area contributed by atoms with E-state index in [0.717, 1.165) is 11.3 Å². The lowest BCUT2D eigenvalue weighted by molar-refractivity contribution is -0.140. The van der Waals surface area contributed by atoms with Crippen molar-refractivity contribution in [3.05, 3.63) is 79.6 Å². The topological polar surface area (TPSA) is 94.1 Å². The summed E-state index contributed by atoms with van der Waals surface area (Å²) in [6.07, 6.45) is 0.890. The number of ether oxygens (including phenoxy) is 3. The minimum atomic E-state index is -0.693. The van der Waals surface area contributed by atoms with Crippen LogP contribution < -0.4 is 10.1 Å². The fourth-order valence-corrected chi connectivity index (χ4v) is 5.52. The summed E-state index contributed by atoms with van der Waals surface area (Å²) < 4.78 is 16.6. The zero-order valence-electron chi connectivity index (χ0n) is 20.9. The van der Waals surface area contributed by atoms with Gasteiger partial charge in [-0.3, -0.25) is 4.79 Å². The molecule has 0 unspecified atom stereocenters. The molecule has 37 heavy (non-hydrogen) atoms. The van der Waals surface area contributed by atoms with Crippen LogP contribution in [0.4, 0.5) is 0 Å². The number of hydrogen-bond donors (Lipinski definition) is 2. The summed E-state index contributed by atoms with van der Waals surface area (Å²) in [6.45, 7) is 4.30. The Bertz CT molecular complexity index is 1270. The molecule has 0 bridgehead atoms. The highest BCUT2D eigenvalue weighted by Gasteiger charge is 2.42. The number of carbonyl (C=O) groups is 2. The highest BCUT2D eigenvalue weighted by molar-refractivity contribution is 9.10. The van der Waals surface area contributed by atoms with Crippen molar-refractivity contribution in [2.24, 2.45) is 0 Å². The number of halogens is 2. The number of carbonyl (C=O) groups excluding carboxylic acids is 2. The number of dihydropyridines is 1. The first-order chi connectivity index (χ1) is 17.7. The van der Waals surface area contributed by atoms with E-state index in [-0.39, 0.29) is 36.4 Å². The fraction of sp³-hybridized carbons (Fsp3) is 0.357. The molecule has 0 spiro atoms. The van der Waals surface area contributed by atoms with E-state index in [1.165, 1.54) is 7.11 Å². The number of benzene rings is 2. The maximum absolute atomic E-state index is 13.7. The standard InChI is InChI=1S/C28H29BrClNO6/c1-4-36-23-14-18(11-20(29)27(23)33)25-24(28(34)37-10-9-35-3)15(2)31-21-12-17(13-22(32)26(21)25)16-5-7-19(30)8-6-16/h5-8,11,14,17,25,31,33H,4,9-10,12-13H2,1-3H3/t17-,25-/m1/s1. The summed E-state index contributed by atoms with van der Waals surface area (Å²) in [5, 5.41) is 14.5. The number of phenolic OH excluding ortho intramolecular Hbond substituents is 1. The highest BCUT2D eigenvalue weighted by Crippen LogP contribution is 2.48. The third-order valence-corrected chi connectivity index (χ3v) is 7.45. The summed E-state index contributed by atoms with van der Waals surface area (Å²) in [5.74, 6) is -1.09. The van der Waals surface area contributed by atoms with Crippen LogP contribution >= 0.6 is 27.5 Å². The van der Waals surface area contributed by atoms with Gasteiger partial charge in [0.25, 0.3) is 0 Å². The first-order valence-corrected chi connectivity index (χ1v) is 13.2. The van der Waals surface area contributed by atoms with Gasteiger partial charge in [0.15, 0.2) is 17.3 Å². The Morgan fingerprint density at radius 3 is 2.57 bits per heavy atom. The van der Waals surface area contributed by atoms with Gasteiger partial charge >= 0.3 is 5.97 Å². The molecule has 2 N–H and O–H groups in total. The van der Waals surface area contributed by atoms with Gasteiger partial charge in [0.2, 0.25) is 0 Å². The molecule has 0 radical (unpaired) electrons. The molecule has 196 valence electrons. The van der Waals surface area contributed by atoms with E-state index >= 15 is 0 Å². The van der Waals surface area contributed by atoms with Crippen LogP contribution in [0.1, 0.15) is 49.7 Å². The number of phenols is 1. The molecule has 9 heteroatoms. The van der Waals surface area contributed by atoms with Crippen LogP contribution in [0.2, 0.25) is 5.02 Å². The van der Waals surface area contributed by atoms with Gasteiger partial charge in [-0.15, -0.1) is 0 Å². The Morgan fingerprint density at radius 1 is 1.16 bits per heavy atom. The van der Waals surface area contributed by atoms with Crippen molar-refractivity contribution >= 4 is 39.3 Å². The number of methoxy groups -OCH3 is 1. The van der Waals surface area contributed by atoms with Gasteiger partial charge in [0.05, 0.1) is 23.3 Å². The molecule has 0 saturated carbocycles. The Hall–Kier alpha value is -2.81. The molecule has 1 aliphatic carbocycles. The minimum Gasteiger partial charge on any atom is -0.503 e.